The first-order valence-corrected chi connectivity index (χ1v) is 9.06. The molecule has 0 aliphatic carbocycles. The summed E-state index contributed by atoms with van der Waals surface area (Å²) in [5.41, 5.74) is 0.345. The molecule has 0 unspecified atom stereocenters. The standard InChI is InChI=1S/C20H13BrF2N2O4/c21-17-11-15(7-10-19(17)23)24(12-13-3-1-2-4-18(13)22)20(26)29-16-8-5-14(6-9-16)25(27)28/h1-11H,12H2. The number of nitro groups is 1. The van der Waals surface area contributed by atoms with E-state index in [9.17, 15) is 23.7 Å². The first kappa shape index (κ1) is 20.4. The van der Waals surface area contributed by atoms with Crippen molar-refractivity contribution in [2.24, 2.45) is 0 Å². The second-order valence-electron chi connectivity index (χ2n) is 5.89. The van der Waals surface area contributed by atoms with E-state index in [4.69, 9.17) is 4.74 Å². The van der Waals surface area contributed by atoms with Crippen LogP contribution in [0.3, 0.4) is 0 Å². The van der Waals surface area contributed by atoms with E-state index < -0.39 is 22.7 Å². The monoisotopic (exact) mass is 462 g/mol. The van der Waals surface area contributed by atoms with Crippen LogP contribution in [0.25, 0.3) is 0 Å². The molecule has 0 aromatic heterocycles. The number of non-ortho nitro benzene ring substituents is 1. The minimum atomic E-state index is -0.861. The number of rotatable bonds is 5. The Morgan fingerprint density at radius 2 is 1.72 bits per heavy atom. The Morgan fingerprint density at radius 1 is 1.03 bits per heavy atom. The topological polar surface area (TPSA) is 72.7 Å². The second kappa shape index (κ2) is 8.78. The SMILES string of the molecule is O=C(Oc1ccc([N+](=O)[O-])cc1)N(Cc1ccccc1F)c1ccc(F)c(Br)c1. The second-order valence-corrected chi connectivity index (χ2v) is 6.75. The molecule has 3 aromatic carbocycles. The Morgan fingerprint density at radius 3 is 2.34 bits per heavy atom. The quantitative estimate of drug-likeness (QED) is 0.352. The van der Waals surface area contributed by atoms with Crippen LogP contribution in [-0.4, -0.2) is 11.0 Å². The van der Waals surface area contributed by atoms with E-state index in [2.05, 4.69) is 15.9 Å². The highest BCUT2D eigenvalue weighted by molar-refractivity contribution is 9.10. The number of carbonyl (C=O) groups is 1. The number of benzene rings is 3. The molecule has 1 amide bonds. The third-order valence-corrected chi connectivity index (χ3v) is 4.58. The van der Waals surface area contributed by atoms with Crippen molar-refractivity contribution in [1.29, 1.82) is 0 Å². The summed E-state index contributed by atoms with van der Waals surface area (Å²) >= 11 is 3.06. The molecule has 0 spiro atoms. The summed E-state index contributed by atoms with van der Waals surface area (Å²) in [5.74, 6) is -0.967. The van der Waals surface area contributed by atoms with Crippen LogP contribution in [0.2, 0.25) is 0 Å². The summed E-state index contributed by atoms with van der Waals surface area (Å²) in [7, 11) is 0. The van der Waals surface area contributed by atoms with Crippen LogP contribution in [0.4, 0.5) is 25.0 Å². The maximum atomic E-state index is 14.1. The Hall–Kier alpha value is -3.33. The molecule has 0 saturated carbocycles. The normalized spacial score (nSPS) is 10.4. The molecule has 148 valence electrons. The molecule has 0 heterocycles. The number of hydrogen-bond donors (Lipinski definition) is 0. The van der Waals surface area contributed by atoms with Gasteiger partial charge in [-0.1, -0.05) is 18.2 Å². The van der Waals surface area contributed by atoms with Crippen LogP contribution in [-0.2, 0) is 6.54 Å². The van der Waals surface area contributed by atoms with Crippen molar-refractivity contribution in [1.82, 2.24) is 0 Å². The first-order chi connectivity index (χ1) is 13.8. The van der Waals surface area contributed by atoms with Gasteiger partial charge in [0.2, 0.25) is 0 Å². The highest BCUT2D eigenvalue weighted by atomic mass is 79.9. The molecule has 3 rings (SSSR count). The molecule has 0 fully saturated rings. The van der Waals surface area contributed by atoms with Crippen LogP contribution < -0.4 is 9.64 Å². The summed E-state index contributed by atoms with van der Waals surface area (Å²) in [6.07, 6.45) is -0.861. The average Bonchev–Trinajstić information content (AvgIpc) is 2.70. The summed E-state index contributed by atoms with van der Waals surface area (Å²) in [6.45, 7) is -0.170. The van der Waals surface area contributed by atoms with E-state index in [-0.39, 0.29) is 33.7 Å². The molecule has 0 aliphatic rings. The predicted molar refractivity (Wildman–Crippen MR) is 106 cm³/mol. The molecule has 29 heavy (non-hydrogen) atoms. The number of nitrogens with zero attached hydrogens (tertiary/aromatic N) is 2. The highest BCUT2D eigenvalue weighted by Gasteiger charge is 2.21. The zero-order valence-electron chi connectivity index (χ0n) is 14.7. The Bertz CT molecular complexity index is 1060. The smallest absolute Gasteiger partial charge is 0.410 e. The summed E-state index contributed by atoms with van der Waals surface area (Å²) in [4.78, 5) is 24.1. The van der Waals surface area contributed by atoms with Crippen molar-refractivity contribution >= 4 is 33.4 Å². The lowest BCUT2D eigenvalue weighted by Gasteiger charge is -2.23. The van der Waals surface area contributed by atoms with Crippen molar-refractivity contribution in [3.8, 4) is 5.75 Å². The van der Waals surface area contributed by atoms with Gasteiger partial charge in [-0.25, -0.2) is 13.6 Å². The third-order valence-electron chi connectivity index (χ3n) is 3.97. The number of halogens is 3. The van der Waals surface area contributed by atoms with E-state index >= 15 is 0 Å². The number of hydrogen-bond acceptors (Lipinski definition) is 4. The lowest BCUT2D eigenvalue weighted by molar-refractivity contribution is -0.384. The maximum Gasteiger partial charge on any atom is 0.420 e. The number of nitro benzene ring substituents is 1. The van der Waals surface area contributed by atoms with Crippen LogP contribution in [0.5, 0.6) is 5.75 Å². The highest BCUT2D eigenvalue weighted by Crippen LogP contribution is 2.27. The van der Waals surface area contributed by atoms with Crippen LogP contribution in [0, 0.1) is 21.7 Å². The largest absolute Gasteiger partial charge is 0.420 e. The van der Waals surface area contributed by atoms with Crippen LogP contribution in [0.1, 0.15) is 5.56 Å². The van der Waals surface area contributed by atoms with E-state index in [1.807, 2.05) is 0 Å². The van der Waals surface area contributed by atoms with Crippen molar-refractivity contribution in [3.05, 3.63) is 98.5 Å². The Kier molecular flexibility index (Phi) is 6.18. The summed E-state index contributed by atoms with van der Waals surface area (Å²) in [5, 5.41) is 10.7. The first-order valence-electron chi connectivity index (χ1n) is 8.27. The summed E-state index contributed by atoms with van der Waals surface area (Å²) < 4.78 is 33.1. The van der Waals surface area contributed by atoms with Crippen LogP contribution >= 0.6 is 15.9 Å². The molecule has 3 aromatic rings. The minimum Gasteiger partial charge on any atom is -0.410 e. The van der Waals surface area contributed by atoms with E-state index in [1.165, 1.54) is 54.6 Å². The Labute approximate surface area is 172 Å². The van der Waals surface area contributed by atoms with E-state index in [0.29, 0.717) is 0 Å². The zero-order valence-corrected chi connectivity index (χ0v) is 16.3. The molecule has 0 bridgehead atoms. The lowest BCUT2D eigenvalue weighted by atomic mass is 10.2. The average molecular weight is 463 g/mol. The molecule has 0 atom stereocenters. The summed E-state index contributed by atoms with van der Waals surface area (Å²) in [6, 6.07) is 14.7. The molecular formula is C20H13BrF2N2O4. The minimum absolute atomic E-state index is 0.0697. The van der Waals surface area contributed by atoms with Gasteiger partial charge in [-0.3, -0.25) is 15.0 Å². The number of carbonyl (C=O) groups excluding carboxylic acids is 1. The molecule has 6 nitrogen and oxygen atoms in total. The van der Waals surface area contributed by atoms with E-state index in [0.717, 1.165) is 11.0 Å². The van der Waals surface area contributed by atoms with Crippen molar-refractivity contribution < 1.29 is 23.2 Å². The fourth-order valence-corrected chi connectivity index (χ4v) is 2.87. The molecule has 0 radical (unpaired) electrons. The predicted octanol–water partition coefficient (Wildman–Crippen LogP) is 5.84. The third kappa shape index (κ3) is 4.94. The molecule has 0 saturated heterocycles. The Balaban J connectivity index is 1.90. The van der Waals surface area contributed by atoms with Gasteiger partial charge < -0.3 is 4.74 Å². The van der Waals surface area contributed by atoms with Gasteiger partial charge in [0.15, 0.2) is 0 Å². The van der Waals surface area contributed by atoms with Gasteiger partial charge in [-0.05, 0) is 52.3 Å². The fourth-order valence-electron chi connectivity index (χ4n) is 2.50. The van der Waals surface area contributed by atoms with Gasteiger partial charge in [0.1, 0.15) is 17.4 Å². The lowest BCUT2D eigenvalue weighted by Crippen LogP contribution is -2.33. The van der Waals surface area contributed by atoms with Gasteiger partial charge in [-0.2, -0.15) is 0 Å². The number of anilines is 1. The van der Waals surface area contributed by atoms with Crippen molar-refractivity contribution in [2.45, 2.75) is 6.54 Å². The van der Waals surface area contributed by atoms with Crippen molar-refractivity contribution in [2.75, 3.05) is 4.90 Å². The fraction of sp³-hybridized carbons (Fsp3) is 0.0500. The number of amides is 1. The van der Waals surface area contributed by atoms with Gasteiger partial charge >= 0.3 is 6.09 Å². The van der Waals surface area contributed by atoms with Gasteiger partial charge in [0.05, 0.1) is 15.9 Å². The molecular weight excluding hydrogens is 450 g/mol. The molecule has 9 heteroatoms. The maximum absolute atomic E-state index is 14.1. The van der Waals surface area contributed by atoms with Gasteiger partial charge in [0.25, 0.3) is 5.69 Å². The van der Waals surface area contributed by atoms with Gasteiger partial charge in [-0.15, -0.1) is 0 Å². The van der Waals surface area contributed by atoms with Crippen molar-refractivity contribution in [3.63, 3.8) is 0 Å². The number of ether oxygens (including phenoxy) is 1. The van der Waals surface area contributed by atoms with Crippen LogP contribution in [0.15, 0.2) is 71.2 Å². The van der Waals surface area contributed by atoms with E-state index in [1.54, 1.807) is 6.07 Å². The van der Waals surface area contributed by atoms with Gasteiger partial charge in [0, 0.05) is 23.4 Å². The zero-order chi connectivity index (χ0) is 21.0. The molecule has 0 N–H and O–H groups in total. The molecule has 0 aliphatic heterocycles.